The Morgan fingerprint density at radius 2 is 2.04 bits per heavy atom. The van der Waals surface area contributed by atoms with Gasteiger partial charge in [-0.2, -0.15) is 0 Å². The molecule has 1 aromatic carbocycles. The number of esters is 1. The number of carbonyl (C=O) groups is 4. The molecular weight excluding hydrogens is 362 g/mol. The van der Waals surface area contributed by atoms with Gasteiger partial charge in [0.05, 0.1) is 5.92 Å². The highest BCUT2D eigenvalue weighted by atomic mass is 16.5. The fourth-order valence-corrected chi connectivity index (χ4v) is 3.51. The van der Waals surface area contributed by atoms with Gasteiger partial charge in [-0.15, -0.1) is 0 Å². The number of ether oxygens (including phenoxy) is 1. The van der Waals surface area contributed by atoms with Gasteiger partial charge in [-0.3, -0.25) is 19.3 Å². The van der Waals surface area contributed by atoms with Crippen molar-refractivity contribution in [1.29, 1.82) is 0 Å². The summed E-state index contributed by atoms with van der Waals surface area (Å²) in [6.07, 6.45) is 0.989. The lowest BCUT2D eigenvalue weighted by Gasteiger charge is -2.23. The van der Waals surface area contributed by atoms with Crippen LogP contribution in [0.1, 0.15) is 38.2 Å². The van der Waals surface area contributed by atoms with Crippen molar-refractivity contribution in [2.45, 2.75) is 32.6 Å². The number of para-hydroxylation sites is 1. The number of anilines is 1. The first kappa shape index (κ1) is 19.9. The van der Waals surface area contributed by atoms with Gasteiger partial charge in [0.2, 0.25) is 5.91 Å². The van der Waals surface area contributed by atoms with E-state index in [1.165, 1.54) is 0 Å². The molecule has 8 nitrogen and oxygen atoms in total. The van der Waals surface area contributed by atoms with Gasteiger partial charge < -0.3 is 15.0 Å². The van der Waals surface area contributed by atoms with E-state index >= 15 is 0 Å². The quantitative estimate of drug-likeness (QED) is 0.749. The number of carbonyl (C=O) groups excluding carboxylic acids is 4. The van der Waals surface area contributed by atoms with Crippen LogP contribution in [0.4, 0.5) is 10.5 Å². The minimum absolute atomic E-state index is 0.0477. The molecule has 0 aromatic heterocycles. The molecule has 1 aromatic rings. The second kappa shape index (κ2) is 8.41. The van der Waals surface area contributed by atoms with Crippen molar-refractivity contribution in [3.63, 3.8) is 0 Å². The number of nitrogens with one attached hydrogen (secondary N) is 1. The lowest BCUT2D eigenvalue weighted by Crippen LogP contribution is -2.38. The van der Waals surface area contributed by atoms with Gasteiger partial charge in [-0.25, -0.2) is 4.79 Å². The topological polar surface area (TPSA) is 96.0 Å². The Morgan fingerprint density at radius 1 is 1.29 bits per heavy atom. The summed E-state index contributed by atoms with van der Waals surface area (Å²) in [5.74, 6) is -1.63. The van der Waals surface area contributed by atoms with Gasteiger partial charge in [0, 0.05) is 31.7 Å². The van der Waals surface area contributed by atoms with Gasteiger partial charge >= 0.3 is 12.0 Å². The molecule has 1 N–H and O–H groups in total. The lowest BCUT2D eigenvalue weighted by molar-refractivity contribution is -0.154. The van der Waals surface area contributed by atoms with Crippen LogP contribution in [0.2, 0.25) is 0 Å². The molecule has 8 heteroatoms. The van der Waals surface area contributed by atoms with Gasteiger partial charge in [-0.05, 0) is 24.0 Å². The third kappa shape index (κ3) is 4.00. The van der Waals surface area contributed by atoms with Crippen LogP contribution in [0, 0.1) is 5.92 Å². The van der Waals surface area contributed by atoms with Crippen molar-refractivity contribution in [3.05, 3.63) is 29.8 Å². The summed E-state index contributed by atoms with van der Waals surface area (Å²) in [5, 5.41) is 2.52. The Bertz CT molecular complexity index is 794. The molecule has 0 unspecified atom stereocenters. The Morgan fingerprint density at radius 3 is 2.71 bits per heavy atom. The standard InChI is InChI=1S/C20H25N3O5/c1-3-13(2)15-6-4-5-7-16(15)23-11-14(10-17(23)24)19(26)28-12-18(25)22-9-8-21-20(22)27/h4-7,13-14H,3,8-12H2,1-2H3,(H,21,27)/t13-,14+/m0/s1. The van der Waals surface area contributed by atoms with E-state index in [4.69, 9.17) is 4.74 Å². The molecule has 0 bridgehead atoms. The van der Waals surface area contributed by atoms with Crippen LogP contribution in [-0.2, 0) is 19.1 Å². The molecule has 0 saturated carbocycles. The molecule has 3 rings (SSSR count). The average Bonchev–Trinajstić information content (AvgIpc) is 3.30. The van der Waals surface area contributed by atoms with E-state index in [0.717, 1.165) is 22.6 Å². The molecule has 2 atom stereocenters. The number of hydrogen-bond acceptors (Lipinski definition) is 5. The van der Waals surface area contributed by atoms with E-state index in [-0.39, 0.29) is 25.4 Å². The highest BCUT2D eigenvalue weighted by molar-refractivity contribution is 6.01. The average molecular weight is 387 g/mol. The summed E-state index contributed by atoms with van der Waals surface area (Å²) in [5.41, 5.74) is 1.89. The number of amides is 4. The van der Waals surface area contributed by atoms with E-state index in [2.05, 4.69) is 19.2 Å². The zero-order chi connectivity index (χ0) is 20.3. The summed E-state index contributed by atoms with van der Waals surface area (Å²) < 4.78 is 5.09. The first-order valence-corrected chi connectivity index (χ1v) is 9.56. The second-order valence-electron chi connectivity index (χ2n) is 7.16. The van der Waals surface area contributed by atoms with E-state index in [1.807, 2.05) is 24.3 Å². The Balaban J connectivity index is 1.62. The van der Waals surface area contributed by atoms with Crippen molar-refractivity contribution < 1.29 is 23.9 Å². The molecule has 2 aliphatic rings. The summed E-state index contributed by atoms with van der Waals surface area (Å²) in [6, 6.07) is 7.23. The minimum atomic E-state index is -0.627. The van der Waals surface area contributed by atoms with E-state index in [9.17, 15) is 19.2 Å². The van der Waals surface area contributed by atoms with Gasteiger partial charge in [-0.1, -0.05) is 32.0 Å². The molecule has 4 amide bonds. The van der Waals surface area contributed by atoms with Crippen LogP contribution >= 0.6 is 0 Å². The molecule has 0 spiro atoms. The maximum atomic E-state index is 12.5. The minimum Gasteiger partial charge on any atom is -0.455 e. The third-order valence-corrected chi connectivity index (χ3v) is 5.32. The number of rotatable bonds is 6. The third-order valence-electron chi connectivity index (χ3n) is 5.32. The van der Waals surface area contributed by atoms with E-state index in [1.54, 1.807) is 4.90 Å². The molecule has 2 aliphatic heterocycles. The number of hydrogen-bond donors (Lipinski definition) is 1. The number of imide groups is 1. The molecular formula is C20H25N3O5. The molecule has 2 saturated heterocycles. The van der Waals surface area contributed by atoms with Gasteiger partial charge in [0.25, 0.3) is 5.91 Å². The summed E-state index contributed by atoms with van der Waals surface area (Å²) in [6.45, 7) is 4.57. The summed E-state index contributed by atoms with van der Waals surface area (Å²) in [4.78, 5) is 51.0. The van der Waals surface area contributed by atoms with Crippen LogP contribution in [0.3, 0.4) is 0 Å². The summed E-state index contributed by atoms with van der Waals surface area (Å²) >= 11 is 0. The smallest absolute Gasteiger partial charge is 0.324 e. The lowest BCUT2D eigenvalue weighted by atomic mass is 9.96. The zero-order valence-electron chi connectivity index (χ0n) is 16.1. The Hall–Kier alpha value is -2.90. The van der Waals surface area contributed by atoms with Crippen molar-refractivity contribution >= 4 is 29.5 Å². The normalized spacial score (nSPS) is 20.3. The zero-order valence-corrected chi connectivity index (χ0v) is 16.1. The van der Waals surface area contributed by atoms with Crippen molar-refractivity contribution in [1.82, 2.24) is 10.2 Å². The first-order chi connectivity index (χ1) is 13.4. The highest BCUT2D eigenvalue weighted by Gasteiger charge is 2.38. The maximum Gasteiger partial charge on any atom is 0.324 e. The van der Waals surface area contributed by atoms with Crippen LogP contribution in [-0.4, -0.2) is 55.0 Å². The van der Waals surface area contributed by atoms with Crippen LogP contribution < -0.4 is 10.2 Å². The molecule has 2 heterocycles. The monoisotopic (exact) mass is 387 g/mol. The Kier molecular flexibility index (Phi) is 5.96. The van der Waals surface area contributed by atoms with Crippen LogP contribution in [0.25, 0.3) is 0 Å². The second-order valence-corrected chi connectivity index (χ2v) is 7.16. The molecule has 2 fully saturated rings. The summed E-state index contributed by atoms with van der Waals surface area (Å²) in [7, 11) is 0. The number of urea groups is 1. The van der Waals surface area contributed by atoms with Crippen molar-refractivity contribution in [2.24, 2.45) is 5.92 Å². The van der Waals surface area contributed by atoms with E-state index < -0.39 is 30.4 Å². The number of benzene rings is 1. The Labute approximate surface area is 163 Å². The predicted molar refractivity (Wildman–Crippen MR) is 102 cm³/mol. The molecule has 150 valence electrons. The molecule has 0 aliphatic carbocycles. The van der Waals surface area contributed by atoms with E-state index in [0.29, 0.717) is 12.5 Å². The highest BCUT2D eigenvalue weighted by Crippen LogP contribution is 2.33. The fourth-order valence-electron chi connectivity index (χ4n) is 3.51. The van der Waals surface area contributed by atoms with Gasteiger partial charge in [0.1, 0.15) is 0 Å². The molecule has 28 heavy (non-hydrogen) atoms. The first-order valence-electron chi connectivity index (χ1n) is 9.56. The van der Waals surface area contributed by atoms with Crippen molar-refractivity contribution in [3.8, 4) is 0 Å². The van der Waals surface area contributed by atoms with Crippen LogP contribution in [0.5, 0.6) is 0 Å². The van der Waals surface area contributed by atoms with Gasteiger partial charge in [0.15, 0.2) is 6.61 Å². The fraction of sp³-hybridized carbons (Fsp3) is 0.500. The number of nitrogens with zero attached hydrogens (tertiary/aromatic N) is 2. The van der Waals surface area contributed by atoms with Crippen LogP contribution in [0.15, 0.2) is 24.3 Å². The molecule has 0 radical (unpaired) electrons. The predicted octanol–water partition coefficient (Wildman–Crippen LogP) is 1.65. The maximum absolute atomic E-state index is 12.5. The SMILES string of the molecule is CC[C@H](C)c1ccccc1N1C[C@H](C(=O)OCC(=O)N2CCNC2=O)CC1=O. The largest absolute Gasteiger partial charge is 0.455 e. The van der Waals surface area contributed by atoms with Crippen molar-refractivity contribution in [2.75, 3.05) is 31.1 Å².